The number of carbonyl (C=O) groups is 1. The molecule has 1 N–H and O–H groups in total. The van der Waals surface area contributed by atoms with E-state index in [0.29, 0.717) is 5.69 Å². The number of rotatable bonds is 4. The standard InChI is InChI=1S/C22H30N4O/c1-5-25-12-14-26(15-13-25)17-10-11-23-20(16-17)21(27)24-19-9-7-6-8-18(19)22(2,3)4/h6-11,16H,5,12-15H2,1-4H3,(H,24,27). The summed E-state index contributed by atoms with van der Waals surface area (Å²) in [6.45, 7) is 13.8. The SMILES string of the molecule is CCN1CCN(c2ccnc(C(=O)Nc3ccccc3C(C)(C)C)c2)CC1. The predicted octanol–water partition coefficient (Wildman–Crippen LogP) is 3.77. The summed E-state index contributed by atoms with van der Waals surface area (Å²) in [5, 5.41) is 3.05. The first-order valence-corrected chi connectivity index (χ1v) is 9.72. The summed E-state index contributed by atoms with van der Waals surface area (Å²) < 4.78 is 0. The molecule has 0 spiro atoms. The van der Waals surface area contributed by atoms with E-state index in [1.165, 1.54) is 0 Å². The van der Waals surface area contributed by atoms with Gasteiger partial charge in [-0.3, -0.25) is 9.78 Å². The molecule has 5 heteroatoms. The van der Waals surface area contributed by atoms with Gasteiger partial charge in [-0.1, -0.05) is 45.9 Å². The lowest BCUT2D eigenvalue weighted by atomic mass is 9.86. The number of hydrogen-bond acceptors (Lipinski definition) is 4. The molecule has 3 rings (SSSR count). The molecule has 0 aliphatic carbocycles. The van der Waals surface area contributed by atoms with Crippen LogP contribution in [0.4, 0.5) is 11.4 Å². The highest BCUT2D eigenvalue weighted by atomic mass is 16.1. The van der Waals surface area contributed by atoms with Gasteiger partial charge in [-0.25, -0.2) is 0 Å². The first-order valence-electron chi connectivity index (χ1n) is 9.72. The second-order valence-corrected chi connectivity index (χ2v) is 8.07. The van der Waals surface area contributed by atoms with Gasteiger partial charge in [-0.05, 0) is 35.7 Å². The summed E-state index contributed by atoms with van der Waals surface area (Å²) in [4.78, 5) is 21.9. The molecule has 0 saturated carbocycles. The number of nitrogens with one attached hydrogen (secondary N) is 1. The molecule has 1 amide bonds. The number of nitrogens with zero attached hydrogens (tertiary/aromatic N) is 3. The van der Waals surface area contributed by atoms with Crippen molar-refractivity contribution in [1.29, 1.82) is 0 Å². The fourth-order valence-electron chi connectivity index (χ4n) is 3.50. The van der Waals surface area contributed by atoms with Crippen molar-refractivity contribution in [1.82, 2.24) is 9.88 Å². The minimum atomic E-state index is -0.166. The highest BCUT2D eigenvalue weighted by Crippen LogP contribution is 2.29. The number of hydrogen-bond donors (Lipinski definition) is 1. The summed E-state index contributed by atoms with van der Waals surface area (Å²) in [5.41, 5.74) is 3.44. The quantitative estimate of drug-likeness (QED) is 0.895. The Labute approximate surface area is 162 Å². The molecule has 1 saturated heterocycles. The predicted molar refractivity (Wildman–Crippen MR) is 112 cm³/mol. The molecule has 1 aromatic carbocycles. The van der Waals surface area contributed by atoms with E-state index in [4.69, 9.17) is 0 Å². The molecule has 0 atom stereocenters. The minimum absolute atomic E-state index is 0.0435. The van der Waals surface area contributed by atoms with Gasteiger partial charge in [0.2, 0.25) is 0 Å². The van der Waals surface area contributed by atoms with Crippen molar-refractivity contribution in [3.8, 4) is 0 Å². The van der Waals surface area contributed by atoms with Gasteiger partial charge in [0.15, 0.2) is 0 Å². The van der Waals surface area contributed by atoms with Crippen LogP contribution in [0.5, 0.6) is 0 Å². The third-order valence-electron chi connectivity index (χ3n) is 5.14. The lowest BCUT2D eigenvalue weighted by molar-refractivity contribution is 0.102. The Bertz CT molecular complexity index is 789. The number of para-hydroxylation sites is 1. The molecule has 1 fully saturated rings. The van der Waals surface area contributed by atoms with Crippen LogP contribution in [0.3, 0.4) is 0 Å². The molecule has 0 unspecified atom stereocenters. The number of amides is 1. The third-order valence-corrected chi connectivity index (χ3v) is 5.14. The maximum Gasteiger partial charge on any atom is 0.274 e. The Kier molecular flexibility index (Phi) is 5.80. The van der Waals surface area contributed by atoms with E-state index in [2.05, 4.69) is 53.9 Å². The Morgan fingerprint density at radius 2 is 1.81 bits per heavy atom. The highest BCUT2D eigenvalue weighted by Gasteiger charge is 2.20. The van der Waals surface area contributed by atoms with Gasteiger partial charge < -0.3 is 15.1 Å². The Morgan fingerprint density at radius 1 is 1.11 bits per heavy atom. The molecule has 2 aromatic rings. The van der Waals surface area contributed by atoms with E-state index in [-0.39, 0.29) is 11.3 Å². The van der Waals surface area contributed by atoms with Crippen molar-refractivity contribution in [3.63, 3.8) is 0 Å². The van der Waals surface area contributed by atoms with Gasteiger partial charge in [0.1, 0.15) is 5.69 Å². The number of likely N-dealkylation sites (N-methyl/N-ethyl adjacent to an activating group) is 1. The van der Waals surface area contributed by atoms with E-state index < -0.39 is 0 Å². The molecule has 144 valence electrons. The zero-order valence-corrected chi connectivity index (χ0v) is 16.8. The molecule has 0 radical (unpaired) electrons. The Morgan fingerprint density at radius 3 is 2.48 bits per heavy atom. The van der Waals surface area contributed by atoms with E-state index in [9.17, 15) is 4.79 Å². The summed E-state index contributed by atoms with van der Waals surface area (Å²) in [6.07, 6.45) is 1.73. The first kappa shape index (κ1) is 19.4. The first-order chi connectivity index (χ1) is 12.9. The highest BCUT2D eigenvalue weighted by molar-refractivity contribution is 6.03. The van der Waals surface area contributed by atoms with Crippen molar-refractivity contribution in [2.75, 3.05) is 42.9 Å². The summed E-state index contributed by atoms with van der Waals surface area (Å²) in [7, 11) is 0. The van der Waals surface area contributed by atoms with E-state index in [1.54, 1.807) is 6.20 Å². The molecule has 1 aliphatic rings. The van der Waals surface area contributed by atoms with Crippen LogP contribution in [-0.2, 0) is 5.41 Å². The van der Waals surface area contributed by atoms with Crippen LogP contribution in [0.15, 0.2) is 42.6 Å². The van der Waals surface area contributed by atoms with Crippen LogP contribution in [-0.4, -0.2) is 48.5 Å². The summed E-state index contributed by atoms with van der Waals surface area (Å²) >= 11 is 0. The number of anilines is 2. The fourth-order valence-corrected chi connectivity index (χ4v) is 3.50. The average Bonchev–Trinajstić information content (AvgIpc) is 2.68. The molecular formula is C22H30N4O. The van der Waals surface area contributed by atoms with Gasteiger partial charge in [0.05, 0.1) is 0 Å². The smallest absolute Gasteiger partial charge is 0.274 e. The van der Waals surface area contributed by atoms with E-state index in [0.717, 1.165) is 49.7 Å². The van der Waals surface area contributed by atoms with Crippen LogP contribution in [0, 0.1) is 0 Å². The van der Waals surface area contributed by atoms with Crippen molar-refractivity contribution in [2.24, 2.45) is 0 Å². The average molecular weight is 367 g/mol. The topological polar surface area (TPSA) is 48.5 Å². The second kappa shape index (κ2) is 8.09. The second-order valence-electron chi connectivity index (χ2n) is 8.07. The van der Waals surface area contributed by atoms with E-state index >= 15 is 0 Å². The summed E-state index contributed by atoms with van der Waals surface area (Å²) in [5.74, 6) is -0.166. The molecular weight excluding hydrogens is 336 g/mol. The maximum absolute atomic E-state index is 12.8. The zero-order valence-electron chi connectivity index (χ0n) is 16.8. The number of aromatic nitrogens is 1. The summed E-state index contributed by atoms with van der Waals surface area (Å²) in [6, 6.07) is 11.9. The number of carbonyl (C=O) groups excluding carboxylic acids is 1. The normalized spacial score (nSPS) is 15.6. The van der Waals surface area contributed by atoms with Crippen LogP contribution < -0.4 is 10.2 Å². The number of piperazine rings is 1. The molecule has 27 heavy (non-hydrogen) atoms. The van der Waals surface area contributed by atoms with Gasteiger partial charge in [-0.15, -0.1) is 0 Å². The van der Waals surface area contributed by atoms with Crippen molar-refractivity contribution >= 4 is 17.3 Å². The third kappa shape index (κ3) is 4.66. The number of pyridine rings is 1. The van der Waals surface area contributed by atoms with Gasteiger partial charge >= 0.3 is 0 Å². The molecule has 2 heterocycles. The van der Waals surface area contributed by atoms with Crippen molar-refractivity contribution in [3.05, 3.63) is 53.9 Å². The molecule has 5 nitrogen and oxygen atoms in total. The molecule has 1 aromatic heterocycles. The monoisotopic (exact) mass is 366 g/mol. The largest absolute Gasteiger partial charge is 0.369 e. The van der Waals surface area contributed by atoms with Crippen molar-refractivity contribution < 1.29 is 4.79 Å². The van der Waals surface area contributed by atoms with Gasteiger partial charge in [0, 0.05) is 43.8 Å². The lowest BCUT2D eigenvalue weighted by Gasteiger charge is -2.35. The number of benzene rings is 1. The van der Waals surface area contributed by atoms with Crippen molar-refractivity contribution in [2.45, 2.75) is 33.1 Å². The zero-order chi connectivity index (χ0) is 19.4. The van der Waals surface area contributed by atoms with Crippen LogP contribution in [0.25, 0.3) is 0 Å². The maximum atomic E-state index is 12.8. The van der Waals surface area contributed by atoms with Crippen LogP contribution in [0.1, 0.15) is 43.7 Å². The van der Waals surface area contributed by atoms with E-state index in [1.807, 2.05) is 30.3 Å². The molecule has 0 bridgehead atoms. The van der Waals surface area contributed by atoms with Gasteiger partial charge in [0.25, 0.3) is 5.91 Å². The lowest BCUT2D eigenvalue weighted by Crippen LogP contribution is -2.46. The van der Waals surface area contributed by atoms with Crippen LogP contribution >= 0.6 is 0 Å². The molecule has 1 aliphatic heterocycles. The van der Waals surface area contributed by atoms with Crippen LogP contribution in [0.2, 0.25) is 0 Å². The Hall–Kier alpha value is -2.40. The Balaban J connectivity index is 1.75. The minimum Gasteiger partial charge on any atom is -0.369 e. The fraction of sp³-hybridized carbons (Fsp3) is 0.455. The van der Waals surface area contributed by atoms with Gasteiger partial charge in [-0.2, -0.15) is 0 Å².